The first-order valence-electron chi connectivity index (χ1n) is 9.80. The molecule has 0 spiro atoms. The van der Waals surface area contributed by atoms with Gasteiger partial charge in [-0.2, -0.15) is 0 Å². The van der Waals surface area contributed by atoms with Gasteiger partial charge in [-0.05, 0) is 62.1 Å². The summed E-state index contributed by atoms with van der Waals surface area (Å²) in [6, 6.07) is 19.3. The predicted molar refractivity (Wildman–Crippen MR) is 113 cm³/mol. The Morgan fingerprint density at radius 3 is 2.36 bits per heavy atom. The number of hydrogen-bond acceptors (Lipinski definition) is 3. The van der Waals surface area contributed by atoms with E-state index in [0.29, 0.717) is 23.9 Å². The Hall–Kier alpha value is -1.81. The number of hydrogen-bond donors (Lipinski definition) is 0. The first-order chi connectivity index (χ1) is 13.6. The molecule has 5 heteroatoms. The van der Waals surface area contributed by atoms with Crippen molar-refractivity contribution in [1.82, 2.24) is 10.1 Å². The summed E-state index contributed by atoms with van der Waals surface area (Å²) in [6.07, 6.45) is 3.59. The number of rotatable bonds is 3. The Morgan fingerprint density at radius 1 is 0.964 bits per heavy atom. The van der Waals surface area contributed by atoms with Crippen LogP contribution < -0.4 is 0 Å². The van der Waals surface area contributed by atoms with Crippen molar-refractivity contribution in [2.24, 2.45) is 0 Å². The first kappa shape index (κ1) is 18.2. The van der Waals surface area contributed by atoms with Crippen LogP contribution in [-0.4, -0.2) is 29.2 Å². The van der Waals surface area contributed by atoms with E-state index in [9.17, 15) is 0 Å². The van der Waals surface area contributed by atoms with Crippen LogP contribution in [0.4, 0.5) is 0 Å². The number of piperidine rings is 1. The van der Waals surface area contributed by atoms with Crippen LogP contribution in [0.5, 0.6) is 0 Å². The molecule has 1 aromatic heterocycles. The van der Waals surface area contributed by atoms with Crippen LogP contribution in [0.2, 0.25) is 10.0 Å². The second-order valence-electron chi connectivity index (χ2n) is 8.00. The van der Waals surface area contributed by atoms with Gasteiger partial charge < -0.3 is 4.52 Å². The van der Waals surface area contributed by atoms with Gasteiger partial charge in [-0.25, -0.2) is 0 Å². The summed E-state index contributed by atoms with van der Waals surface area (Å²) in [4.78, 5) is 2.54. The number of fused-ring (bicyclic) bond motifs is 2. The second kappa shape index (κ2) is 7.22. The average molecular weight is 413 g/mol. The minimum Gasteiger partial charge on any atom is -0.360 e. The highest BCUT2D eigenvalue weighted by Gasteiger charge is 2.48. The van der Waals surface area contributed by atoms with Crippen LogP contribution in [0.15, 0.2) is 59.1 Å². The molecular weight excluding hydrogens is 391 g/mol. The van der Waals surface area contributed by atoms with Gasteiger partial charge >= 0.3 is 0 Å². The van der Waals surface area contributed by atoms with E-state index in [1.54, 1.807) is 0 Å². The molecule has 2 aliphatic heterocycles. The summed E-state index contributed by atoms with van der Waals surface area (Å²) < 4.78 is 5.93. The largest absolute Gasteiger partial charge is 0.360 e. The van der Waals surface area contributed by atoms with Gasteiger partial charge in [0, 0.05) is 39.7 Å². The third-order valence-electron chi connectivity index (χ3n) is 6.56. The molecule has 0 N–H and O–H groups in total. The topological polar surface area (TPSA) is 29.3 Å². The number of halogens is 2. The molecule has 3 aromatic rings. The van der Waals surface area contributed by atoms with Gasteiger partial charge in [0.1, 0.15) is 11.5 Å². The summed E-state index contributed by atoms with van der Waals surface area (Å²) in [5, 5.41) is 5.89. The Kier molecular flexibility index (Phi) is 4.70. The van der Waals surface area contributed by atoms with Crippen molar-refractivity contribution >= 4 is 23.2 Å². The van der Waals surface area contributed by atoms with Crippen molar-refractivity contribution in [2.45, 2.75) is 43.2 Å². The summed E-state index contributed by atoms with van der Waals surface area (Å²) in [5.41, 5.74) is 3.23. The summed E-state index contributed by atoms with van der Waals surface area (Å²) >= 11 is 12.2. The van der Waals surface area contributed by atoms with E-state index in [4.69, 9.17) is 27.7 Å². The van der Waals surface area contributed by atoms with Crippen molar-refractivity contribution in [3.8, 4) is 11.3 Å². The Balaban J connectivity index is 1.53. The molecule has 1 unspecified atom stereocenters. The lowest BCUT2D eigenvalue weighted by Crippen LogP contribution is -2.44. The molecule has 2 saturated heterocycles. The molecule has 2 fully saturated rings. The maximum Gasteiger partial charge on any atom is 0.142 e. The van der Waals surface area contributed by atoms with Gasteiger partial charge in [0.15, 0.2) is 0 Å². The van der Waals surface area contributed by atoms with E-state index < -0.39 is 0 Å². The minimum atomic E-state index is 0.290. The average Bonchev–Trinajstić information content (AvgIpc) is 3.26. The zero-order valence-corrected chi connectivity index (χ0v) is 17.2. The van der Waals surface area contributed by atoms with Crippen molar-refractivity contribution in [2.75, 3.05) is 7.05 Å². The predicted octanol–water partition coefficient (Wildman–Crippen LogP) is 6.38. The van der Waals surface area contributed by atoms with E-state index in [2.05, 4.69) is 35.3 Å². The SMILES string of the molecule is CN1C2CC[C@@H]1C[C@H](c1ccc(Cl)cc1)[C@@H]2c1cc(-c2ccc(Cl)cc2)no1. The van der Waals surface area contributed by atoms with Crippen LogP contribution >= 0.6 is 23.2 Å². The first-order valence-corrected chi connectivity index (χ1v) is 10.6. The highest BCUT2D eigenvalue weighted by atomic mass is 35.5. The Morgan fingerprint density at radius 2 is 1.64 bits per heavy atom. The fourth-order valence-corrected chi connectivity index (χ4v) is 5.36. The second-order valence-corrected chi connectivity index (χ2v) is 8.88. The lowest BCUT2D eigenvalue weighted by atomic mass is 9.75. The number of nitrogens with zero attached hydrogens (tertiary/aromatic N) is 2. The van der Waals surface area contributed by atoms with Crippen LogP contribution in [0.1, 0.15) is 42.4 Å². The molecule has 5 rings (SSSR count). The zero-order chi connectivity index (χ0) is 19.3. The zero-order valence-electron chi connectivity index (χ0n) is 15.7. The molecule has 3 heterocycles. The summed E-state index contributed by atoms with van der Waals surface area (Å²) in [7, 11) is 2.25. The number of likely N-dealkylation sites (N-methyl/N-ethyl adjacent to an activating group) is 1. The van der Waals surface area contributed by atoms with Crippen molar-refractivity contribution in [3.63, 3.8) is 0 Å². The van der Waals surface area contributed by atoms with Gasteiger partial charge in [0.2, 0.25) is 0 Å². The fraction of sp³-hybridized carbons (Fsp3) is 0.348. The molecule has 2 aliphatic rings. The minimum absolute atomic E-state index is 0.290. The molecule has 4 atom stereocenters. The molecule has 3 nitrogen and oxygen atoms in total. The third kappa shape index (κ3) is 3.16. The quantitative estimate of drug-likeness (QED) is 0.499. The van der Waals surface area contributed by atoms with Gasteiger partial charge in [0.05, 0.1) is 0 Å². The van der Waals surface area contributed by atoms with E-state index in [1.165, 1.54) is 18.4 Å². The lowest BCUT2D eigenvalue weighted by molar-refractivity contribution is 0.122. The van der Waals surface area contributed by atoms with E-state index in [-0.39, 0.29) is 0 Å². The summed E-state index contributed by atoms with van der Waals surface area (Å²) in [6.45, 7) is 0. The summed E-state index contributed by atoms with van der Waals surface area (Å²) in [5.74, 6) is 1.68. The van der Waals surface area contributed by atoms with Crippen LogP contribution in [0, 0.1) is 0 Å². The molecular formula is C23H22Cl2N2O. The highest BCUT2D eigenvalue weighted by molar-refractivity contribution is 6.30. The van der Waals surface area contributed by atoms with E-state index >= 15 is 0 Å². The van der Waals surface area contributed by atoms with Crippen LogP contribution in [0.25, 0.3) is 11.3 Å². The highest BCUT2D eigenvalue weighted by Crippen LogP contribution is 2.51. The van der Waals surface area contributed by atoms with E-state index in [1.807, 2.05) is 36.4 Å². The fourth-order valence-electron chi connectivity index (χ4n) is 5.11. The Labute approximate surface area is 175 Å². The van der Waals surface area contributed by atoms with Crippen LogP contribution in [-0.2, 0) is 0 Å². The molecule has 0 amide bonds. The maximum absolute atomic E-state index is 6.13. The Bertz CT molecular complexity index is 967. The molecule has 0 aliphatic carbocycles. The smallest absolute Gasteiger partial charge is 0.142 e. The van der Waals surface area contributed by atoms with Crippen molar-refractivity contribution in [1.29, 1.82) is 0 Å². The van der Waals surface area contributed by atoms with Crippen LogP contribution in [0.3, 0.4) is 0 Å². The molecule has 28 heavy (non-hydrogen) atoms. The number of benzene rings is 2. The van der Waals surface area contributed by atoms with Gasteiger partial charge in [0.25, 0.3) is 0 Å². The standard InChI is InChI=1S/C23H22Cl2N2O/c1-27-18-10-11-21(27)23(19(12-18)14-2-6-16(24)7-3-14)22-13-20(26-28-22)15-4-8-17(25)9-5-15/h2-9,13,18-19,21,23H,10-12H2,1H3/t18-,19-,21?,23+/m1/s1. The third-order valence-corrected chi connectivity index (χ3v) is 7.07. The molecule has 2 bridgehead atoms. The lowest BCUT2D eigenvalue weighted by Gasteiger charge is -2.42. The van der Waals surface area contributed by atoms with Gasteiger partial charge in [-0.3, -0.25) is 4.90 Å². The van der Waals surface area contributed by atoms with E-state index in [0.717, 1.165) is 33.5 Å². The molecule has 144 valence electrons. The maximum atomic E-state index is 6.13. The molecule has 0 radical (unpaired) electrons. The van der Waals surface area contributed by atoms with Crippen molar-refractivity contribution in [3.05, 3.63) is 76.0 Å². The van der Waals surface area contributed by atoms with Gasteiger partial charge in [-0.15, -0.1) is 0 Å². The number of aromatic nitrogens is 1. The molecule has 0 saturated carbocycles. The normalized spacial score (nSPS) is 27.2. The van der Waals surface area contributed by atoms with Gasteiger partial charge in [-0.1, -0.05) is 52.6 Å². The molecule has 2 aromatic carbocycles. The van der Waals surface area contributed by atoms with Crippen molar-refractivity contribution < 1.29 is 4.52 Å². The monoisotopic (exact) mass is 412 g/mol.